The van der Waals surface area contributed by atoms with Crippen LogP contribution in [0.5, 0.6) is 0 Å². The zero-order chi connectivity index (χ0) is 19.1. The molecule has 0 spiro atoms. The first-order chi connectivity index (χ1) is 13.1. The van der Waals surface area contributed by atoms with Crippen LogP contribution in [0.15, 0.2) is 35.3 Å². The first-order valence-corrected chi connectivity index (χ1v) is 10.4. The Hall–Kier alpha value is -1.59. The Morgan fingerprint density at radius 2 is 2.07 bits per heavy atom. The van der Waals surface area contributed by atoms with Gasteiger partial charge in [0.15, 0.2) is 5.96 Å². The molecule has 5 nitrogen and oxygen atoms in total. The summed E-state index contributed by atoms with van der Waals surface area (Å²) in [5.41, 5.74) is 1.83. The number of guanidine groups is 1. The molecule has 1 aromatic rings. The van der Waals surface area contributed by atoms with E-state index in [0.29, 0.717) is 17.5 Å². The summed E-state index contributed by atoms with van der Waals surface area (Å²) in [6.07, 6.45) is 6.06. The molecule has 1 saturated heterocycles. The number of nitrogens with one attached hydrogen (secondary N) is 2. The fourth-order valence-electron chi connectivity index (χ4n) is 4.07. The largest absolute Gasteiger partial charge is 0.385 e. The molecule has 5 heteroatoms. The van der Waals surface area contributed by atoms with E-state index >= 15 is 0 Å². The summed E-state index contributed by atoms with van der Waals surface area (Å²) in [6.45, 7) is 6.37. The molecule has 1 heterocycles. The molecule has 2 unspecified atom stereocenters. The van der Waals surface area contributed by atoms with Gasteiger partial charge in [-0.2, -0.15) is 0 Å². The summed E-state index contributed by atoms with van der Waals surface area (Å²) < 4.78 is 5.26. The number of aliphatic imine (C=N–C) groups is 1. The Bertz CT molecular complexity index is 600. The van der Waals surface area contributed by atoms with E-state index in [2.05, 4.69) is 57.8 Å². The number of piperidine rings is 1. The van der Waals surface area contributed by atoms with Crippen LogP contribution in [-0.4, -0.2) is 56.8 Å². The third kappa shape index (κ3) is 5.94. The zero-order valence-electron chi connectivity index (χ0n) is 17.2. The summed E-state index contributed by atoms with van der Waals surface area (Å²) in [7, 11) is 3.66. The molecule has 1 aliphatic carbocycles. The van der Waals surface area contributed by atoms with E-state index in [1.807, 2.05) is 7.05 Å². The topological polar surface area (TPSA) is 48.9 Å². The number of nitrogens with zero attached hydrogens (tertiary/aromatic N) is 2. The van der Waals surface area contributed by atoms with Gasteiger partial charge >= 0.3 is 0 Å². The van der Waals surface area contributed by atoms with Gasteiger partial charge in [-0.05, 0) is 50.0 Å². The van der Waals surface area contributed by atoms with Gasteiger partial charge < -0.3 is 15.4 Å². The lowest BCUT2D eigenvalue weighted by atomic mass is 9.97. The predicted molar refractivity (Wildman–Crippen MR) is 112 cm³/mol. The van der Waals surface area contributed by atoms with Gasteiger partial charge in [0.05, 0.1) is 0 Å². The van der Waals surface area contributed by atoms with Crippen molar-refractivity contribution in [3.63, 3.8) is 0 Å². The van der Waals surface area contributed by atoms with Crippen LogP contribution in [0, 0.1) is 5.41 Å². The second-order valence-electron chi connectivity index (χ2n) is 8.34. The molecule has 1 aliphatic heterocycles. The number of rotatable bonds is 8. The van der Waals surface area contributed by atoms with Gasteiger partial charge in [-0.25, -0.2) is 0 Å². The normalized spacial score (nSPS) is 25.2. The minimum atomic E-state index is 0.431. The SMILES string of the molecule is CN=C(NCC1(CCOC)CC1)NC1CCN(Cc2ccccc2)C(C)C1. The summed E-state index contributed by atoms with van der Waals surface area (Å²) in [6, 6.07) is 11.9. The maximum atomic E-state index is 5.26. The molecular weight excluding hydrogens is 336 g/mol. The van der Waals surface area contributed by atoms with E-state index in [4.69, 9.17) is 4.74 Å². The molecular formula is C22H36N4O. The van der Waals surface area contributed by atoms with Crippen LogP contribution in [0.4, 0.5) is 0 Å². The van der Waals surface area contributed by atoms with Crippen LogP contribution in [0.3, 0.4) is 0 Å². The van der Waals surface area contributed by atoms with Crippen LogP contribution in [0.2, 0.25) is 0 Å². The van der Waals surface area contributed by atoms with E-state index in [1.165, 1.54) is 18.4 Å². The van der Waals surface area contributed by atoms with Gasteiger partial charge in [0.1, 0.15) is 0 Å². The Labute approximate surface area is 164 Å². The molecule has 1 aromatic carbocycles. The summed E-state index contributed by atoms with van der Waals surface area (Å²) in [4.78, 5) is 7.05. The molecule has 2 N–H and O–H groups in total. The fraction of sp³-hybridized carbons (Fsp3) is 0.682. The Morgan fingerprint density at radius 3 is 2.70 bits per heavy atom. The van der Waals surface area contributed by atoms with Crippen molar-refractivity contribution in [3.8, 4) is 0 Å². The first kappa shape index (κ1) is 20.2. The molecule has 0 aromatic heterocycles. The van der Waals surface area contributed by atoms with Crippen molar-refractivity contribution in [2.45, 2.75) is 57.7 Å². The van der Waals surface area contributed by atoms with Gasteiger partial charge in [-0.15, -0.1) is 0 Å². The molecule has 0 radical (unpaired) electrons. The molecule has 2 aliphatic rings. The maximum absolute atomic E-state index is 5.26. The van der Waals surface area contributed by atoms with Crippen molar-refractivity contribution in [1.29, 1.82) is 0 Å². The van der Waals surface area contributed by atoms with Crippen LogP contribution >= 0.6 is 0 Å². The number of hydrogen-bond donors (Lipinski definition) is 2. The minimum Gasteiger partial charge on any atom is -0.385 e. The van der Waals surface area contributed by atoms with Crippen molar-refractivity contribution >= 4 is 5.96 Å². The molecule has 0 amide bonds. The highest BCUT2D eigenvalue weighted by Crippen LogP contribution is 2.48. The van der Waals surface area contributed by atoms with Gasteiger partial charge in [0, 0.05) is 52.5 Å². The van der Waals surface area contributed by atoms with Crippen molar-refractivity contribution in [1.82, 2.24) is 15.5 Å². The smallest absolute Gasteiger partial charge is 0.191 e. The number of methoxy groups -OCH3 is 1. The number of hydrogen-bond acceptors (Lipinski definition) is 3. The standard InChI is InChI=1S/C22H36N4O/c1-18-15-20(9-13-26(18)16-19-7-5-4-6-8-19)25-21(23-2)24-17-22(10-11-22)12-14-27-3/h4-8,18,20H,9-17H2,1-3H3,(H2,23,24,25). The Morgan fingerprint density at radius 1 is 1.30 bits per heavy atom. The number of benzene rings is 1. The van der Waals surface area contributed by atoms with Gasteiger partial charge in [-0.3, -0.25) is 9.89 Å². The predicted octanol–water partition coefficient (Wildman–Crippen LogP) is 3.02. The zero-order valence-corrected chi connectivity index (χ0v) is 17.2. The molecule has 0 bridgehead atoms. The van der Waals surface area contributed by atoms with Crippen LogP contribution < -0.4 is 10.6 Å². The third-order valence-corrected chi connectivity index (χ3v) is 6.23. The van der Waals surface area contributed by atoms with Crippen molar-refractivity contribution in [3.05, 3.63) is 35.9 Å². The van der Waals surface area contributed by atoms with E-state index in [9.17, 15) is 0 Å². The first-order valence-electron chi connectivity index (χ1n) is 10.4. The maximum Gasteiger partial charge on any atom is 0.191 e. The van der Waals surface area contributed by atoms with Crippen LogP contribution in [-0.2, 0) is 11.3 Å². The molecule has 150 valence electrons. The lowest BCUT2D eigenvalue weighted by molar-refractivity contribution is 0.134. The second kappa shape index (κ2) is 9.56. The summed E-state index contributed by atoms with van der Waals surface area (Å²) in [5, 5.41) is 7.22. The van der Waals surface area contributed by atoms with Gasteiger partial charge in [0.25, 0.3) is 0 Å². The minimum absolute atomic E-state index is 0.431. The highest BCUT2D eigenvalue weighted by Gasteiger charge is 2.42. The summed E-state index contributed by atoms with van der Waals surface area (Å²) in [5.74, 6) is 0.951. The molecule has 3 rings (SSSR count). The van der Waals surface area contributed by atoms with E-state index in [-0.39, 0.29) is 0 Å². The highest BCUT2D eigenvalue weighted by molar-refractivity contribution is 5.80. The third-order valence-electron chi connectivity index (χ3n) is 6.23. The average Bonchev–Trinajstić information content (AvgIpc) is 3.46. The van der Waals surface area contributed by atoms with Crippen molar-refractivity contribution < 1.29 is 4.74 Å². The van der Waals surface area contributed by atoms with Gasteiger partial charge in [-0.1, -0.05) is 30.3 Å². The lowest BCUT2D eigenvalue weighted by Crippen LogP contribution is -2.51. The van der Waals surface area contributed by atoms with Crippen LogP contribution in [0.1, 0.15) is 44.6 Å². The average molecular weight is 373 g/mol. The van der Waals surface area contributed by atoms with Crippen molar-refractivity contribution in [2.75, 3.05) is 33.9 Å². The quantitative estimate of drug-likeness (QED) is 0.544. The van der Waals surface area contributed by atoms with Crippen LogP contribution in [0.25, 0.3) is 0 Å². The van der Waals surface area contributed by atoms with Gasteiger partial charge in [0.2, 0.25) is 0 Å². The van der Waals surface area contributed by atoms with E-state index in [1.54, 1.807) is 7.11 Å². The number of ether oxygens (including phenoxy) is 1. The second-order valence-corrected chi connectivity index (χ2v) is 8.34. The van der Waals surface area contributed by atoms with Crippen molar-refractivity contribution in [2.24, 2.45) is 10.4 Å². The molecule has 27 heavy (non-hydrogen) atoms. The number of likely N-dealkylation sites (tertiary alicyclic amines) is 1. The Kier molecular flexibility index (Phi) is 7.13. The molecule has 2 atom stereocenters. The lowest BCUT2D eigenvalue weighted by Gasteiger charge is -2.38. The van der Waals surface area contributed by atoms with E-state index in [0.717, 1.165) is 51.5 Å². The van der Waals surface area contributed by atoms with E-state index < -0.39 is 0 Å². The summed E-state index contributed by atoms with van der Waals surface area (Å²) >= 11 is 0. The molecule has 2 fully saturated rings. The Balaban J connectivity index is 1.43. The molecule has 1 saturated carbocycles. The monoisotopic (exact) mass is 372 g/mol. The fourth-order valence-corrected chi connectivity index (χ4v) is 4.07. The highest BCUT2D eigenvalue weighted by atomic mass is 16.5.